The van der Waals surface area contributed by atoms with Crippen LogP contribution >= 0.6 is 23.2 Å². The second-order valence-electron chi connectivity index (χ2n) is 5.34. The van der Waals surface area contributed by atoms with Gasteiger partial charge in [-0.3, -0.25) is 4.79 Å². The van der Waals surface area contributed by atoms with Crippen LogP contribution in [0.3, 0.4) is 0 Å². The minimum absolute atomic E-state index is 0.146. The van der Waals surface area contributed by atoms with Crippen molar-refractivity contribution in [2.45, 2.75) is 26.2 Å². The number of hydrazone groups is 1. The molecule has 0 unspecified atom stereocenters. The average Bonchev–Trinajstić information content (AvgIpc) is 2.61. The summed E-state index contributed by atoms with van der Waals surface area (Å²) in [5, 5.41) is 5.22. The number of hydrogen-bond donors (Lipinski definition) is 1. The molecule has 2 aromatic carbocycles. The second-order valence-corrected chi connectivity index (χ2v) is 6.18. The number of amides is 1. The van der Waals surface area contributed by atoms with Gasteiger partial charge < -0.3 is 4.74 Å². The van der Waals surface area contributed by atoms with Crippen molar-refractivity contribution in [2.75, 3.05) is 6.61 Å². The molecular formula is C19H20Cl2N2O2. The van der Waals surface area contributed by atoms with Gasteiger partial charge in [0.25, 0.3) is 0 Å². The molecule has 0 saturated carbocycles. The van der Waals surface area contributed by atoms with Crippen LogP contribution in [0.25, 0.3) is 0 Å². The van der Waals surface area contributed by atoms with Crippen molar-refractivity contribution in [2.24, 2.45) is 5.10 Å². The summed E-state index contributed by atoms with van der Waals surface area (Å²) in [6, 6.07) is 14.8. The van der Waals surface area contributed by atoms with Crippen LogP contribution < -0.4 is 10.2 Å². The van der Waals surface area contributed by atoms with Crippen molar-refractivity contribution in [1.29, 1.82) is 0 Å². The van der Waals surface area contributed by atoms with E-state index < -0.39 is 0 Å². The minimum Gasteiger partial charge on any atom is -0.492 e. The summed E-state index contributed by atoms with van der Waals surface area (Å²) >= 11 is 11.9. The molecule has 0 aliphatic rings. The van der Waals surface area contributed by atoms with Gasteiger partial charge in [-0.1, -0.05) is 60.5 Å². The van der Waals surface area contributed by atoms with Crippen LogP contribution in [0.15, 0.2) is 53.6 Å². The van der Waals surface area contributed by atoms with Crippen molar-refractivity contribution in [3.05, 3.63) is 64.1 Å². The molecule has 0 aliphatic carbocycles. The number of nitrogens with one attached hydrogen (secondary N) is 1. The smallest absolute Gasteiger partial charge is 0.240 e. The molecule has 25 heavy (non-hydrogen) atoms. The van der Waals surface area contributed by atoms with Crippen LogP contribution in [0.4, 0.5) is 0 Å². The molecule has 0 atom stereocenters. The van der Waals surface area contributed by atoms with E-state index in [1.165, 1.54) is 0 Å². The Morgan fingerprint density at radius 3 is 2.60 bits per heavy atom. The fourth-order valence-electron chi connectivity index (χ4n) is 2.17. The molecule has 0 radical (unpaired) electrons. The van der Waals surface area contributed by atoms with Gasteiger partial charge in [-0.15, -0.1) is 0 Å². The standard InChI is InChI=1S/C19H20Cl2N2O2/c1-2-17(14-7-4-3-5-8-14)22-23-19(24)9-6-12-25-18-11-10-15(20)13-16(18)21/h3-5,7-8,10-11,13H,2,6,9,12H2,1H3,(H,23,24)/b22-17+. The Labute approximate surface area is 157 Å². The third-order valence-corrected chi connectivity index (χ3v) is 3.99. The molecule has 0 bridgehead atoms. The Hall–Kier alpha value is -2.04. The summed E-state index contributed by atoms with van der Waals surface area (Å²) in [6.07, 6.45) is 1.62. The van der Waals surface area contributed by atoms with Crippen molar-refractivity contribution in [1.82, 2.24) is 5.43 Å². The number of carbonyl (C=O) groups is 1. The number of rotatable bonds is 8. The van der Waals surface area contributed by atoms with Crippen molar-refractivity contribution < 1.29 is 9.53 Å². The van der Waals surface area contributed by atoms with E-state index >= 15 is 0 Å². The first kappa shape index (κ1) is 19.3. The summed E-state index contributed by atoms with van der Waals surface area (Å²) in [6.45, 7) is 2.39. The number of halogens is 2. The van der Waals surface area contributed by atoms with Crippen molar-refractivity contribution in [3.63, 3.8) is 0 Å². The lowest BCUT2D eigenvalue weighted by Gasteiger charge is -2.08. The van der Waals surface area contributed by atoms with Gasteiger partial charge in [0.2, 0.25) is 5.91 Å². The molecule has 0 heterocycles. The van der Waals surface area contributed by atoms with Crippen LogP contribution in [0.2, 0.25) is 10.0 Å². The number of ether oxygens (including phenoxy) is 1. The lowest BCUT2D eigenvalue weighted by Crippen LogP contribution is -2.20. The quantitative estimate of drug-likeness (QED) is 0.395. The van der Waals surface area contributed by atoms with Crippen LogP contribution in [-0.4, -0.2) is 18.2 Å². The van der Waals surface area contributed by atoms with Gasteiger partial charge in [0.15, 0.2) is 0 Å². The van der Waals surface area contributed by atoms with Gasteiger partial charge in [-0.25, -0.2) is 5.43 Å². The zero-order chi connectivity index (χ0) is 18.1. The van der Waals surface area contributed by atoms with Crippen molar-refractivity contribution in [3.8, 4) is 5.75 Å². The normalized spacial score (nSPS) is 11.2. The molecule has 0 aliphatic heterocycles. The van der Waals surface area contributed by atoms with E-state index in [2.05, 4.69) is 10.5 Å². The molecule has 0 aromatic heterocycles. The molecule has 2 aromatic rings. The highest BCUT2D eigenvalue weighted by Gasteiger charge is 2.05. The molecule has 1 amide bonds. The highest BCUT2D eigenvalue weighted by molar-refractivity contribution is 6.35. The summed E-state index contributed by atoms with van der Waals surface area (Å²) in [5.74, 6) is 0.412. The number of nitrogens with zero attached hydrogens (tertiary/aromatic N) is 1. The molecule has 4 nitrogen and oxygen atoms in total. The number of carbonyl (C=O) groups excluding carboxylic acids is 1. The highest BCUT2D eigenvalue weighted by Crippen LogP contribution is 2.27. The van der Waals surface area contributed by atoms with Gasteiger partial charge in [0, 0.05) is 11.4 Å². The number of hydrogen-bond acceptors (Lipinski definition) is 3. The third-order valence-electron chi connectivity index (χ3n) is 3.46. The van der Waals surface area contributed by atoms with E-state index in [0.717, 1.165) is 17.7 Å². The molecule has 132 valence electrons. The molecule has 2 rings (SSSR count). The van der Waals surface area contributed by atoms with E-state index in [9.17, 15) is 4.79 Å². The summed E-state index contributed by atoms with van der Waals surface area (Å²) in [7, 11) is 0. The second kappa shape index (κ2) is 10.1. The number of benzene rings is 2. The Balaban J connectivity index is 1.76. The van der Waals surface area contributed by atoms with E-state index in [-0.39, 0.29) is 5.91 Å². The predicted molar refractivity (Wildman–Crippen MR) is 103 cm³/mol. The summed E-state index contributed by atoms with van der Waals surface area (Å²) in [5.41, 5.74) is 4.45. The van der Waals surface area contributed by atoms with Gasteiger partial charge in [-0.05, 0) is 36.6 Å². The average molecular weight is 379 g/mol. The van der Waals surface area contributed by atoms with E-state index in [1.807, 2.05) is 37.3 Å². The van der Waals surface area contributed by atoms with Crippen LogP contribution in [0, 0.1) is 0 Å². The molecule has 1 N–H and O–H groups in total. The minimum atomic E-state index is -0.146. The summed E-state index contributed by atoms with van der Waals surface area (Å²) in [4.78, 5) is 11.9. The lowest BCUT2D eigenvalue weighted by atomic mass is 10.1. The zero-order valence-corrected chi connectivity index (χ0v) is 15.5. The molecule has 0 saturated heterocycles. The highest BCUT2D eigenvalue weighted by atomic mass is 35.5. The fourth-order valence-corrected chi connectivity index (χ4v) is 2.63. The monoisotopic (exact) mass is 378 g/mol. The van der Waals surface area contributed by atoms with Gasteiger partial charge >= 0.3 is 0 Å². The van der Waals surface area contributed by atoms with Crippen LogP contribution in [0.5, 0.6) is 5.75 Å². The van der Waals surface area contributed by atoms with Gasteiger partial charge in [0.05, 0.1) is 17.3 Å². The van der Waals surface area contributed by atoms with E-state index in [1.54, 1.807) is 18.2 Å². The third kappa shape index (κ3) is 6.40. The van der Waals surface area contributed by atoms with E-state index in [0.29, 0.717) is 35.2 Å². The van der Waals surface area contributed by atoms with Crippen LogP contribution in [-0.2, 0) is 4.79 Å². The Morgan fingerprint density at radius 2 is 1.92 bits per heavy atom. The lowest BCUT2D eigenvalue weighted by molar-refractivity contribution is -0.121. The largest absolute Gasteiger partial charge is 0.492 e. The molecule has 0 fully saturated rings. The maximum atomic E-state index is 11.9. The maximum absolute atomic E-state index is 11.9. The predicted octanol–water partition coefficient (Wildman–Crippen LogP) is 5.08. The Morgan fingerprint density at radius 1 is 1.16 bits per heavy atom. The first-order valence-electron chi connectivity index (χ1n) is 8.09. The molecular weight excluding hydrogens is 359 g/mol. The van der Waals surface area contributed by atoms with Gasteiger partial charge in [-0.2, -0.15) is 5.10 Å². The topological polar surface area (TPSA) is 50.7 Å². The first-order chi connectivity index (χ1) is 12.1. The Bertz CT molecular complexity index is 733. The Kier molecular flexibility index (Phi) is 7.76. The van der Waals surface area contributed by atoms with Crippen molar-refractivity contribution >= 4 is 34.8 Å². The fraction of sp³-hybridized carbons (Fsp3) is 0.263. The maximum Gasteiger partial charge on any atom is 0.240 e. The molecule has 0 spiro atoms. The summed E-state index contributed by atoms with van der Waals surface area (Å²) < 4.78 is 5.55. The zero-order valence-electron chi connectivity index (χ0n) is 14.0. The molecule has 6 heteroatoms. The van der Waals surface area contributed by atoms with E-state index in [4.69, 9.17) is 27.9 Å². The SMILES string of the molecule is CC/C(=N\NC(=O)CCCOc1ccc(Cl)cc1Cl)c1ccccc1. The van der Waals surface area contributed by atoms with Crippen LogP contribution in [0.1, 0.15) is 31.7 Å². The first-order valence-corrected chi connectivity index (χ1v) is 8.84. The van der Waals surface area contributed by atoms with Gasteiger partial charge in [0.1, 0.15) is 5.75 Å².